The highest BCUT2D eigenvalue weighted by atomic mass is 16.5. The van der Waals surface area contributed by atoms with Crippen LogP contribution in [-0.4, -0.2) is 31.5 Å². The van der Waals surface area contributed by atoms with E-state index < -0.39 is 0 Å². The van der Waals surface area contributed by atoms with Crippen molar-refractivity contribution in [2.75, 3.05) is 26.4 Å². The molecule has 0 spiro atoms. The van der Waals surface area contributed by atoms with Gasteiger partial charge in [0.05, 0.1) is 0 Å². The number of hydrogen-bond acceptors (Lipinski definition) is 3. The van der Waals surface area contributed by atoms with Gasteiger partial charge >= 0.3 is 0 Å². The predicted molar refractivity (Wildman–Crippen MR) is 47.8 cm³/mol. The quantitative estimate of drug-likeness (QED) is 0.646. The van der Waals surface area contributed by atoms with Crippen LogP contribution in [-0.2, 0) is 4.74 Å². The van der Waals surface area contributed by atoms with Crippen molar-refractivity contribution in [3.8, 4) is 0 Å². The van der Waals surface area contributed by atoms with E-state index in [9.17, 15) is 0 Å². The number of aliphatic hydroxyl groups is 1. The SMILES string of the molecule is NCC(CCO)C1CCOCC1. The summed E-state index contributed by atoms with van der Waals surface area (Å²) in [6.07, 6.45) is 3.07. The first-order valence-corrected chi connectivity index (χ1v) is 4.77. The smallest absolute Gasteiger partial charge is 0.0468 e. The van der Waals surface area contributed by atoms with E-state index >= 15 is 0 Å². The van der Waals surface area contributed by atoms with Crippen molar-refractivity contribution in [1.82, 2.24) is 0 Å². The Morgan fingerprint density at radius 3 is 2.58 bits per heavy atom. The summed E-state index contributed by atoms with van der Waals surface area (Å²) in [7, 11) is 0. The molecule has 1 saturated heterocycles. The minimum Gasteiger partial charge on any atom is -0.396 e. The van der Waals surface area contributed by atoms with Gasteiger partial charge in [0, 0.05) is 19.8 Å². The molecule has 3 nitrogen and oxygen atoms in total. The second kappa shape index (κ2) is 5.51. The lowest BCUT2D eigenvalue weighted by atomic mass is 9.84. The van der Waals surface area contributed by atoms with E-state index in [1.165, 1.54) is 0 Å². The molecule has 1 fully saturated rings. The van der Waals surface area contributed by atoms with Gasteiger partial charge < -0.3 is 15.6 Å². The Balaban J connectivity index is 2.29. The molecule has 3 N–H and O–H groups in total. The van der Waals surface area contributed by atoms with Crippen LogP contribution < -0.4 is 5.73 Å². The van der Waals surface area contributed by atoms with E-state index in [0.717, 1.165) is 32.5 Å². The van der Waals surface area contributed by atoms with Gasteiger partial charge in [-0.2, -0.15) is 0 Å². The van der Waals surface area contributed by atoms with Crippen LogP contribution in [0.2, 0.25) is 0 Å². The summed E-state index contributed by atoms with van der Waals surface area (Å²) in [5.74, 6) is 1.18. The largest absolute Gasteiger partial charge is 0.396 e. The minimum absolute atomic E-state index is 0.263. The van der Waals surface area contributed by atoms with Gasteiger partial charge in [0.25, 0.3) is 0 Å². The van der Waals surface area contributed by atoms with Crippen molar-refractivity contribution >= 4 is 0 Å². The molecule has 1 aliphatic heterocycles. The van der Waals surface area contributed by atoms with Crippen LogP contribution in [0.1, 0.15) is 19.3 Å². The zero-order valence-electron chi connectivity index (χ0n) is 7.54. The lowest BCUT2D eigenvalue weighted by Gasteiger charge is -2.28. The van der Waals surface area contributed by atoms with Gasteiger partial charge in [-0.15, -0.1) is 0 Å². The lowest BCUT2D eigenvalue weighted by molar-refractivity contribution is 0.0431. The molecule has 0 bridgehead atoms. The third-order valence-corrected chi connectivity index (χ3v) is 2.74. The molecular formula is C9H19NO2. The van der Waals surface area contributed by atoms with Crippen molar-refractivity contribution in [1.29, 1.82) is 0 Å². The van der Waals surface area contributed by atoms with Crippen LogP contribution in [0.25, 0.3) is 0 Å². The Morgan fingerprint density at radius 1 is 1.42 bits per heavy atom. The molecule has 0 amide bonds. The van der Waals surface area contributed by atoms with Crippen LogP contribution in [0, 0.1) is 11.8 Å². The molecular weight excluding hydrogens is 154 g/mol. The average molecular weight is 173 g/mol. The van der Waals surface area contributed by atoms with Crippen molar-refractivity contribution in [3.63, 3.8) is 0 Å². The maximum absolute atomic E-state index is 8.81. The van der Waals surface area contributed by atoms with E-state index in [4.69, 9.17) is 15.6 Å². The highest BCUT2D eigenvalue weighted by molar-refractivity contribution is 4.73. The highest BCUT2D eigenvalue weighted by Crippen LogP contribution is 2.25. The normalized spacial score (nSPS) is 22.5. The van der Waals surface area contributed by atoms with E-state index in [-0.39, 0.29) is 6.61 Å². The fourth-order valence-electron chi connectivity index (χ4n) is 1.90. The molecule has 0 aromatic heterocycles. The monoisotopic (exact) mass is 173 g/mol. The van der Waals surface area contributed by atoms with E-state index in [1.807, 2.05) is 0 Å². The Bertz CT molecular complexity index is 110. The van der Waals surface area contributed by atoms with Crippen molar-refractivity contribution in [2.24, 2.45) is 17.6 Å². The molecule has 1 rings (SSSR count). The van der Waals surface area contributed by atoms with Gasteiger partial charge in [0.1, 0.15) is 0 Å². The van der Waals surface area contributed by atoms with Crippen LogP contribution in [0.15, 0.2) is 0 Å². The Morgan fingerprint density at radius 2 is 2.08 bits per heavy atom. The second-order valence-corrected chi connectivity index (χ2v) is 3.46. The predicted octanol–water partition coefficient (Wildman–Crippen LogP) is 0.370. The first-order chi connectivity index (χ1) is 5.88. The number of aliphatic hydroxyl groups excluding tert-OH is 1. The second-order valence-electron chi connectivity index (χ2n) is 3.46. The Kier molecular flexibility index (Phi) is 4.58. The van der Waals surface area contributed by atoms with Gasteiger partial charge in [0.15, 0.2) is 0 Å². The zero-order valence-corrected chi connectivity index (χ0v) is 7.54. The van der Waals surface area contributed by atoms with Crippen molar-refractivity contribution < 1.29 is 9.84 Å². The topological polar surface area (TPSA) is 55.5 Å². The third-order valence-electron chi connectivity index (χ3n) is 2.74. The molecule has 12 heavy (non-hydrogen) atoms. The Labute approximate surface area is 73.9 Å². The molecule has 0 aromatic carbocycles. The number of hydrogen-bond donors (Lipinski definition) is 2. The molecule has 1 heterocycles. The lowest BCUT2D eigenvalue weighted by Crippen LogP contribution is -2.29. The molecule has 1 atom stereocenters. The van der Waals surface area contributed by atoms with Gasteiger partial charge in [0.2, 0.25) is 0 Å². The van der Waals surface area contributed by atoms with E-state index in [1.54, 1.807) is 0 Å². The van der Waals surface area contributed by atoms with E-state index in [2.05, 4.69) is 0 Å². The van der Waals surface area contributed by atoms with Crippen LogP contribution in [0.4, 0.5) is 0 Å². The Hall–Kier alpha value is -0.120. The highest BCUT2D eigenvalue weighted by Gasteiger charge is 2.22. The first kappa shape index (κ1) is 9.96. The standard InChI is InChI=1S/C9H19NO2/c10-7-9(1-4-11)8-2-5-12-6-3-8/h8-9,11H,1-7,10H2. The van der Waals surface area contributed by atoms with Crippen molar-refractivity contribution in [3.05, 3.63) is 0 Å². The van der Waals surface area contributed by atoms with Gasteiger partial charge in [-0.25, -0.2) is 0 Å². The van der Waals surface area contributed by atoms with Crippen molar-refractivity contribution in [2.45, 2.75) is 19.3 Å². The number of ether oxygens (including phenoxy) is 1. The average Bonchev–Trinajstić information content (AvgIpc) is 2.15. The fourth-order valence-corrected chi connectivity index (χ4v) is 1.90. The number of rotatable bonds is 4. The molecule has 1 unspecified atom stereocenters. The van der Waals surface area contributed by atoms with Crippen LogP contribution in [0.5, 0.6) is 0 Å². The summed E-state index contributed by atoms with van der Waals surface area (Å²) in [6.45, 7) is 2.70. The maximum atomic E-state index is 8.81. The molecule has 3 heteroatoms. The van der Waals surface area contributed by atoms with Crippen LogP contribution in [0.3, 0.4) is 0 Å². The van der Waals surface area contributed by atoms with Gasteiger partial charge in [-0.05, 0) is 37.6 Å². The van der Waals surface area contributed by atoms with E-state index in [0.29, 0.717) is 18.4 Å². The minimum atomic E-state index is 0.263. The molecule has 0 saturated carbocycles. The van der Waals surface area contributed by atoms with Gasteiger partial charge in [-0.1, -0.05) is 0 Å². The first-order valence-electron chi connectivity index (χ1n) is 4.77. The fraction of sp³-hybridized carbons (Fsp3) is 1.00. The zero-order chi connectivity index (χ0) is 8.81. The summed E-state index contributed by atoms with van der Waals surface area (Å²) < 4.78 is 5.27. The van der Waals surface area contributed by atoms with Gasteiger partial charge in [-0.3, -0.25) is 0 Å². The van der Waals surface area contributed by atoms with Crippen LogP contribution >= 0.6 is 0 Å². The molecule has 0 radical (unpaired) electrons. The summed E-state index contributed by atoms with van der Waals surface area (Å²) in [4.78, 5) is 0. The third kappa shape index (κ3) is 2.73. The molecule has 0 aliphatic carbocycles. The molecule has 1 aliphatic rings. The number of nitrogens with two attached hydrogens (primary N) is 1. The summed E-state index contributed by atoms with van der Waals surface area (Å²) >= 11 is 0. The molecule has 0 aromatic rings. The summed E-state index contributed by atoms with van der Waals surface area (Å²) in [6, 6.07) is 0. The molecule has 72 valence electrons. The summed E-state index contributed by atoms with van der Waals surface area (Å²) in [5.41, 5.74) is 5.64. The summed E-state index contributed by atoms with van der Waals surface area (Å²) in [5, 5.41) is 8.81. The maximum Gasteiger partial charge on any atom is 0.0468 e.